The van der Waals surface area contributed by atoms with Crippen molar-refractivity contribution in [2.24, 2.45) is 0 Å². The quantitative estimate of drug-likeness (QED) is 0.546. The van der Waals surface area contributed by atoms with Gasteiger partial charge in [0.2, 0.25) is 16.6 Å². The fourth-order valence-electron chi connectivity index (χ4n) is 1.36. The van der Waals surface area contributed by atoms with E-state index in [9.17, 15) is 9.59 Å². The molecule has 0 N–H and O–H groups in total. The highest BCUT2D eigenvalue weighted by Gasteiger charge is 2.35. The van der Waals surface area contributed by atoms with E-state index in [4.69, 9.17) is 13.6 Å². The highest BCUT2D eigenvalue weighted by atomic mass is 28.4. The molecule has 100 valence electrons. The van der Waals surface area contributed by atoms with E-state index in [1.165, 1.54) is 13.8 Å². The SMILES string of the molecule is CC(=O)OC[Si](C)(C)O[Si](C)(C)COC(C)=O. The van der Waals surface area contributed by atoms with Gasteiger partial charge >= 0.3 is 11.9 Å². The highest BCUT2D eigenvalue weighted by molar-refractivity contribution is 6.84. The van der Waals surface area contributed by atoms with Crippen molar-refractivity contribution in [3.63, 3.8) is 0 Å². The maximum atomic E-state index is 10.8. The molecule has 0 spiro atoms. The third-order valence-corrected chi connectivity index (χ3v) is 7.90. The largest absolute Gasteiger partial charge is 0.467 e. The van der Waals surface area contributed by atoms with Crippen molar-refractivity contribution in [1.82, 2.24) is 0 Å². The molecule has 0 aromatic carbocycles. The minimum absolute atomic E-state index is 0.298. The third kappa shape index (κ3) is 9.07. The molecule has 0 radical (unpaired) electrons. The van der Waals surface area contributed by atoms with Crippen LogP contribution in [-0.4, -0.2) is 41.0 Å². The van der Waals surface area contributed by atoms with Crippen molar-refractivity contribution in [2.75, 3.05) is 12.5 Å². The van der Waals surface area contributed by atoms with Gasteiger partial charge in [0, 0.05) is 13.8 Å². The van der Waals surface area contributed by atoms with Gasteiger partial charge in [-0.05, 0) is 26.2 Å². The standard InChI is InChI=1S/C10H22O5Si2/c1-9(11)13-7-16(3,4)15-17(5,6)8-14-10(2)12/h7-8H2,1-6H3. The lowest BCUT2D eigenvalue weighted by molar-refractivity contribution is -0.140. The smallest absolute Gasteiger partial charge is 0.302 e. The molecule has 0 aliphatic carbocycles. The van der Waals surface area contributed by atoms with E-state index in [1.54, 1.807) is 0 Å². The average molecular weight is 278 g/mol. The number of carbonyl (C=O) groups excluding carboxylic acids is 2. The van der Waals surface area contributed by atoms with E-state index in [0.29, 0.717) is 12.5 Å². The van der Waals surface area contributed by atoms with Crippen LogP contribution in [0, 0.1) is 0 Å². The summed E-state index contributed by atoms with van der Waals surface area (Å²) in [5, 5.41) is 0. The number of ether oxygens (including phenoxy) is 2. The fourth-order valence-corrected chi connectivity index (χ4v) is 8.91. The molecule has 0 atom stereocenters. The van der Waals surface area contributed by atoms with E-state index < -0.39 is 16.6 Å². The monoisotopic (exact) mass is 278 g/mol. The summed E-state index contributed by atoms with van der Waals surface area (Å²) in [6, 6.07) is 0. The van der Waals surface area contributed by atoms with Gasteiger partial charge in [-0.3, -0.25) is 9.59 Å². The Morgan fingerprint density at radius 2 is 1.12 bits per heavy atom. The lowest BCUT2D eigenvalue weighted by Crippen LogP contribution is -2.50. The van der Waals surface area contributed by atoms with Crippen LogP contribution in [0.3, 0.4) is 0 Å². The molecule has 0 saturated heterocycles. The van der Waals surface area contributed by atoms with Gasteiger partial charge in [0.15, 0.2) is 0 Å². The number of carbonyl (C=O) groups is 2. The summed E-state index contributed by atoms with van der Waals surface area (Å²) in [6.45, 7) is 10.7. The molecular weight excluding hydrogens is 256 g/mol. The molecule has 0 rings (SSSR count). The van der Waals surface area contributed by atoms with Gasteiger partial charge in [-0.25, -0.2) is 0 Å². The van der Waals surface area contributed by atoms with E-state index in [0.717, 1.165) is 0 Å². The lowest BCUT2D eigenvalue weighted by Gasteiger charge is -2.32. The number of hydrogen-bond acceptors (Lipinski definition) is 5. The molecule has 0 unspecified atom stereocenters. The molecule has 0 bridgehead atoms. The predicted molar refractivity (Wildman–Crippen MR) is 69.3 cm³/mol. The fraction of sp³-hybridized carbons (Fsp3) is 0.800. The molecule has 5 nitrogen and oxygen atoms in total. The Morgan fingerprint density at radius 3 is 1.35 bits per heavy atom. The summed E-state index contributed by atoms with van der Waals surface area (Å²) in [4.78, 5) is 21.5. The van der Waals surface area contributed by atoms with Gasteiger partial charge in [0.1, 0.15) is 12.5 Å². The van der Waals surface area contributed by atoms with Crippen LogP contribution in [0.15, 0.2) is 0 Å². The van der Waals surface area contributed by atoms with Crippen molar-refractivity contribution in [3.8, 4) is 0 Å². The van der Waals surface area contributed by atoms with Crippen LogP contribution in [0.1, 0.15) is 13.8 Å². The Labute approximate surface area is 105 Å². The van der Waals surface area contributed by atoms with Crippen LogP contribution in [0.2, 0.25) is 26.2 Å². The summed E-state index contributed by atoms with van der Waals surface area (Å²) in [5.74, 6) is -0.595. The van der Waals surface area contributed by atoms with Gasteiger partial charge in [0.25, 0.3) is 0 Å². The first-order chi connectivity index (χ1) is 7.54. The molecule has 0 aliphatic heterocycles. The molecule has 0 saturated carbocycles. The van der Waals surface area contributed by atoms with Gasteiger partial charge in [-0.1, -0.05) is 0 Å². The second-order valence-corrected chi connectivity index (χ2v) is 13.6. The first kappa shape index (κ1) is 16.3. The van der Waals surface area contributed by atoms with Crippen molar-refractivity contribution < 1.29 is 23.2 Å². The first-order valence-electron chi connectivity index (χ1n) is 5.51. The predicted octanol–water partition coefficient (Wildman–Crippen LogP) is 1.62. The Kier molecular flexibility index (Phi) is 6.07. The molecule has 0 aromatic heterocycles. The van der Waals surface area contributed by atoms with Gasteiger partial charge in [-0.15, -0.1) is 0 Å². The number of hydrogen-bond donors (Lipinski definition) is 0. The third-order valence-electron chi connectivity index (χ3n) is 1.80. The van der Waals surface area contributed by atoms with Crippen molar-refractivity contribution in [3.05, 3.63) is 0 Å². The minimum Gasteiger partial charge on any atom is -0.467 e. The van der Waals surface area contributed by atoms with Gasteiger partial charge in [0.05, 0.1) is 0 Å². The van der Waals surface area contributed by atoms with E-state index >= 15 is 0 Å². The van der Waals surface area contributed by atoms with Gasteiger partial charge in [-0.2, -0.15) is 0 Å². The van der Waals surface area contributed by atoms with Crippen LogP contribution in [0.25, 0.3) is 0 Å². The van der Waals surface area contributed by atoms with Crippen LogP contribution in [0.4, 0.5) is 0 Å². The van der Waals surface area contributed by atoms with Crippen LogP contribution in [0.5, 0.6) is 0 Å². The normalized spacial score (nSPS) is 12.1. The van der Waals surface area contributed by atoms with E-state index in [-0.39, 0.29) is 11.9 Å². The maximum absolute atomic E-state index is 10.8. The molecule has 0 amide bonds. The Morgan fingerprint density at radius 1 is 0.824 bits per heavy atom. The van der Waals surface area contributed by atoms with Crippen LogP contribution >= 0.6 is 0 Å². The van der Waals surface area contributed by atoms with Crippen molar-refractivity contribution >= 4 is 28.6 Å². The zero-order chi connectivity index (χ0) is 13.7. The average Bonchev–Trinajstić information content (AvgIpc) is 2.10. The Bertz CT molecular complexity index is 260. The summed E-state index contributed by atoms with van der Waals surface area (Å²) >= 11 is 0. The molecule has 0 aliphatic rings. The molecule has 0 heterocycles. The van der Waals surface area contributed by atoms with E-state index in [1.807, 2.05) is 26.2 Å². The molecule has 0 fully saturated rings. The number of esters is 2. The maximum Gasteiger partial charge on any atom is 0.302 e. The zero-order valence-corrected chi connectivity index (χ0v) is 13.5. The second-order valence-electron chi connectivity index (χ2n) is 5.18. The summed E-state index contributed by atoms with van der Waals surface area (Å²) in [5.41, 5.74) is 0. The Balaban J connectivity index is 4.26. The Hall–Kier alpha value is -0.666. The number of rotatable bonds is 6. The van der Waals surface area contributed by atoms with Crippen LogP contribution in [-0.2, 0) is 23.2 Å². The zero-order valence-electron chi connectivity index (χ0n) is 11.5. The molecular formula is C10H22O5Si2. The van der Waals surface area contributed by atoms with Crippen LogP contribution < -0.4 is 0 Å². The first-order valence-corrected chi connectivity index (χ1v) is 11.7. The molecule has 0 aromatic rings. The highest BCUT2D eigenvalue weighted by Crippen LogP contribution is 2.15. The molecule has 7 heteroatoms. The summed E-state index contributed by atoms with van der Waals surface area (Å²) < 4.78 is 16.0. The summed E-state index contributed by atoms with van der Waals surface area (Å²) in [6.07, 6.45) is 0.664. The van der Waals surface area contributed by atoms with Crippen molar-refractivity contribution in [2.45, 2.75) is 40.0 Å². The topological polar surface area (TPSA) is 61.8 Å². The van der Waals surface area contributed by atoms with E-state index in [2.05, 4.69) is 0 Å². The van der Waals surface area contributed by atoms with Gasteiger partial charge < -0.3 is 13.6 Å². The second kappa shape index (κ2) is 6.32. The lowest BCUT2D eigenvalue weighted by atomic mass is 10.8. The molecule has 17 heavy (non-hydrogen) atoms. The van der Waals surface area contributed by atoms with Crippen molar-refractivity contribution in [1.29, 1.82) is 0 Å². The summed E-state index contributed by atoms with van der Waals surface area (Å²) in [7, 11) is -4.09. The minimum atomic E-state index is -2.05.